The number of anilines is 2. The lowest BCUT2D eigenvalue weighted by atomic mass is 10.1. The van der Waals surface area contributed by atoms with Gasteiger partial charge in [0.25, 0.3) is 0 Å². The molecule has 6 nitrogen and oxygen atoms in total. The van der Waals surface area contributed by atoms with Crippen LogP contribution in [0.25, 0.3) is 0 Å². The fraction of sp³-hybridized carbons (Fsp3) is 0.435. The van der Waals surface area contributed by atoms with Gasteiger partial charge in [-0.25, -0.2) is 0 Å². The van der Waals surface area contributed by atoms with E-state index in [2.05, 4.69) is 10.2 Å². The molecule has 1 atom stereocenters. The first-order valence-corrected chi connectivity index (χ1v) is 11.7. The Morgan fingerprint density at radius 1 is 1.15 bits per heavy atom. The molecular formula is C23H27F3N4O2S. The molecule has 0 saturated carbocycles. The van der Waals surface area contributed by atoms with E-state index in [1.165, 1.54) is 12.1 Å². The Hall–Kier alpha value is -2.59. The van der Waals surface area contributed by atoms with E-state index in [4.69, 9.17) is 0 Å². The van der Waals surface area contributed by atoms with E-state index in [1.807, 2.05) is 29.0 Å². The molecule has 2 aromatic rings. The van der Waals surface area contributed by atoms with Crippen molar-refractivity contribution in [2.24, 2.45) is 0 Å². The number of halogens is 3. The summed E-state index contributed by atoms with van der Waals surface area (Å²) in [5.41, 5.74) is 0.903. The predicted molar refractivity (Wildman–Crippen MR) is 124 cm³/mol. The third-order valence-electron chi connectivity index (χ3n) is 6.03. The number of aromatic hydroxyl groups is 1. The average molecular weight is 481 g/mol. The highest BCUT2D eigenvalue weighted by atomic mass is 32.2. The lowest BCUT2D eigenvalue weighted by molar-refractivity contribution is -0.137. The smallest absolute Gasteiger partial charge is 0.416 e. The number of alkyl halides is 3. The van der Waals surface area contributed by atoms with E-state index in [9.17, 15) is 23.1 Å². The number of carbonyl (C=O) groups is 1. The Kier molecular flexibility index (Phi) is 6.94. The molecule has 1 amide bonds. The Morgan fingerprint density at radius 2 is 1.88 bits per heavy atom. The number of hydrogen-bond donors (Lipinski definition) is 2. The number of phenols is 1. The second-order valence-electron chi connectivity index (χ2n) is 8.26. The van der Waals surface area contributed by atoms with Gasteiger partial charge in [-0.05, 0) is 36.8 Å². The predicted octanol–water partition coefficient (Wildman–Crippen LogP) is 3.61. The highest BCUT2D eigenvalue weighted by Crippen LogP contribution is 2.47. The molecule has 1 fully saturated rings. The summed E-state index contributed by atoms with van der Waals surface area (Å²) in [6, 6.07) is 10.8. The summed E-state index contributed by atoms with van der Waals surface area (Å²) in [5.74, 6) is 0.216. The molecule has 1 unspecified atom stereocenters. The lowest BCUT2D eigenvalue weighted by Crippen LogP contribution is -2.49. The van der Waals surface area contributed by atoms with E-state index >= 15 is 0 Å². The number of hydrogen-bond acceptors (Lipinski definition) is 6. The molecule has 2 N–H and O–H groups in total. The third-order valence-corrected chi connectivity index (χ3v) is 7.51. The van der Waals surface area contributed by atoms with Gasteiger partial charge in [0.05, 0.1) is 28.1 Å². The normalized spacial score (nSPS) is 19.0. The number of benzene rings is 2. The first kappa shape index (κ1) is 23.6. The molecule has 2 heterocycles. The first-order valence-electron chi connectivity index (χ1n) is 10.8. The number of nitrogens with one attached hydrogen (secondary N) is 1. The first-order chi connectivity index (χ1) is 15.7. The average Bonchev–Trinajstić information content (AvgIpc) is 3.11. The van der Waals surface area contributed by atoms with Crippen molar-refractivity contribution in [1.82, 2.24) is 10.2 Å². The van der Waals surface area contributed by atoms with Gasteiger partial charge in [-0.15, -0.1) is 0 Å². The number of phenolic OH excluding ortho intramolecular Hbond substituents is 1. The molecule has 1 saturated heterocycles. The summed E-state index contributed by atoms with van der Waals surface area (Å²) >= 11 is 1.60. The Labute approximate surface area is 195 Å². The van der Waals surface area contributed by atoms with Crippen LogP contribution in [0.5, 0.6) is 5.75 Å². The van der Waals surface area contributed by atoms with E-state index < -0.39 is 11.7 Å². The van der Waals surface area contributed by atoms with Crippen LogP contribution in [0.1, 0.15) is 12.0 Å². The van der Waals surface area contributed by atoms with Crippen molar-refractivity contribution in [3.63, 3.8) is 0 Å². The molecule has 0 radical (unpaired) electrons. The maximum absolute atomic E-state index is 13.0. The van der Waals surface area contributed by atoms with Crippen LogP contribution in [0.2, 0.25) is 0 Å². The molecule has 33 heavy (non-hydrogen) atoms. The Morgan fingerprint density at radius 3 is 2.58 bits per heavy atom. The van der Waals surface area contributed by atoms with Crippen molar-refractivity contribution in [3.05, 3.63) is 48.0 Å². The maximum Gasteiger partial charge on any atom is 0.416 e. The summed E-state index contributed by atoms with van der Waals surface area (Å²) in [4.78, 5) is 19.3. The molecule has 0 aliphatic carbocycles. The zero-order valence-electron chi connectivity index (χ0n) is 18.3. The van der Waals surface area contributed by atoms with Crippen molar-refractivity contribution < 1.29 is 23.1 Å². The number of fused-ring (bicyclic) bond motifs is 1. The topological polar surface area (TPSA) is 59.1 Å². The standard InChI is InChI=1S/C23H27F3N4O2S/c1-28-18-6-3-7-19(31)22(18)33-21(28)8-9-27-20(32)15-29-10-12-30(13-11-29)17-5-2-4-16(14-17)23(24,25)26/h2-7,14,21,31H,8-13,15H2,1H3,(H,27,32). The van der Waals surface area contributed by atoms with Crippen LogP contribution in [0, 0.1) is 0 Å². The fourth-order valence-corrected chi connectivity index (χ4v) is 5.47. The largest absolute Gasteiger partial charge is 0.507 e. The van der Waals surface area contributed by atoms with Crippen LogP contribution in [0.3, 0.4) is 0 Å². The quantitative estimate of drug-likeness (QED) is 0.659. The van der Waals surface area contributed by atoms with Crippen LogP contribution in [0.4, 0.5) is 24.5 Å². The van der Waals surface area contributed by atoms with Crippen LogP contribution < -0.4 is 15.1 Å². The molecule has 0 bridgehead atoms. The third kappa shape index (κ3) is 5.50. The summed E-state index contributed by atoms with van der Waals surface area (Å²) < 4.78 is 38.9. The molecular weight excluding hydrogens is 453 g/mol. The van der Waals surface area contributed by atoms with E-state index in [-0.39, 0.29) is 23.6 Å². The molecule has 178 valence electrons. The van der Waals surface area contributed by atoms with Crippen molar-refractivity contribution in [2.75, 3.05) is 56.1 Å². The number of thioether (sulfide) groups is 1. The fourth-order valence-electron chi connectivity index (χ4n) is 4.17. The van der Waals surface area contributed by atoms with Crippen LogP contribution in [0.15, 0.2) is 47.4 Å². The van der Waals surface area contributed by atoms with Gasteiger partial charge in [-0.3, -0.25) is 9.69 Å². The van der Waals surface area contributed by atoms with Gasteiger partial charge in [0.1, 0.15) is 5.75 Å². The van der Waals surface area contributed by atoms with Crippen molar-refractivity contribution in [1.29, 1.82) is 0 Å². The van der Waals surface area contributed by atoms with Gasteiger partial charge in [-0.1, -0.05) is 23.9 Å². The summed E-state index contributed by atoms with van der Waals surface area (Å²) in [7, 11) is 1.98. The van der Waals surface area contributed by atoms with Crippen molar-refractivity contribution >= 4 is 29.0 Å². The van der Waals surface area contributed by atoms with Gasteiger partial charge in [-0.2, -0.15) is 13.2 Å². The molecule has 2 aliphatic rings. The lowest BCUT2D eigenvalue weighted by Gasteiger charge is -2.36. The van der Waals surface area contributed by atoms with Gasteiger partial charge >= 0.3 is 6.18 Å². The highest BCUT2D eigenvalue weighted by Gasteiger charge is 2.31. The maximum atomic E-state index is 13.0. The van der Waals surface area contributed by atoms with Gasteiger partial charge < -0.3 is 20.2 Å². The second kappa shape index (κ2) is 9.72. The van der Waals surface area contributed by atoms with Crippen LogP contribution in [-0.4, -0.2) is 67.6 Å². The van der Waals surface area contributed by atoms with Crippen LogP contribution >= 0.6 is 11.8 Å². The summed E-state index contributed by atoms with van der Waals surface area (Å²) in [6.45, 7) is 3.16. The molecule has 4 rings (SSSR count). The van der Waals surface area contributed by atoms with E-state index in [0.29, 0.717) is 38.4 Å². The number of carbonyl (C=O) groups excluding carboxylic acids is 1. The SMILES string of the molecule is CN1c2cccc(O)c2SC1CCNC(=O)CN1CCN(c2cccc(C(F)(F)F)c2)CC1. The minimum Gasteiger partial charge on any atom is -0.507 e. The molecule has 0 spiro atoms. The zero-order chi connectivity index (χ0) is 23.6. The van der Waals surface area contributed by atoms with Gasteiger partial charge in [0.2, 0.25) is 5.91 Å². The van der Waals surface area contributed by atoms with Gasteiger partial charge in [0.15, 0.2) is 0 Å². The summed E-state index contributed by atoms with van der Waals surface area (Å²) in [6.07, 6.45) is -3.62. The molecule has 10 heteroatoms. The monoisotopic (exact) mass is 480 g/mol. The van der Waals surface area contributed by atoms with Crippen molar-refractivity contribution in [3.8, 4) is 5.75 Å². The Bertz CT molecular complexity index is 996. The molecule has 2 aromatic carbocycles. The highest BCUT2D eigenvalue weighted by molar-refractivity contribution is 8.00. The van der Waals surface area contributed by atoms with E-state index in [1.54, 1.807) is 23.9 Å². The number of amides is 1. The minimum absolute atomic E-state index is 0.0615. The summed E-state index contributed by atoms with van der Waals surface area (Å²) in [5, 5.41) is 13.1. The minimum atomic E-state index is -4.36. The zero-order valence-corrected chi connectivity index (χ0v) is 19.1. The van der Waals surface area contributed by atoms with Gasteiger partial charge in [0, 0.05) is 45.5 Å². The molecule has 2 aliphatic heterocycles. The number of rotatable bonds is 6. The number of nitrogens with zero attached hydrogens (tertiary/aromatic N) is 3. The van der Waals surface area contributed by atoms with E-state index in [0.717, 1.165) is 23.1 Å². The van der Waals surface area contributed by atoms with Crippen molar-refractivity contribution in [2.45, 2.75) is 22.9 Å². The molecule has 0 aromatic heterocycles. The second-order valence-corrected chi connectivity index (χ2v) is 9.45. The number of piperazine rings is 1. The Balaban J connectivity index is 1.19. The van der Waals surface area contributed by atoms with Crippen LogP contribution in [-0.2, 0) is 11.0 Å².